The molecule has 1 aliphatic rings. The van der Waals surface area contributed by atoms with Crippen LogP contribution in [0.4, 0.5) is 4.39 Å². The summed E-state index contributed by atoms with van der Waals surface area (Å²) < 4.78 is 39.7. The summed E-state index contributed by atoms with van der Waals surface area (Å²) in [6.07, 6.45) is 2.95. The van der Waals surface area contributed by atoms with E-state index in [2.05, 4.69) is 0 Å². The molecule has 0 spiro atoms. The lowest BCUT2D eigenvalue weighted by Crippen LogP contribution is -2.37. The Morgan fingerprint density at radius 2 is 2.11 bits per heavy atom. The van der Waals surface area contributed by atoms with Crippen LogP contribution in [0, 0.1) is 5.82 Å². The Morgan fingerprint density at radius 3 is 2.79 bits per heavy atom. The third-order valence-corrected chi connectivity index (χ3v) is 5.65. The summed E-state index contributed by atoms with van der Waals surface area (Å²) in [5.74, 6) is -0.337. The molecule has 0 saturated carbocycles. The Labute approximate surface area is 114 Å². The van der Waals surface area contributed by atoms with Crippen LogP contribution in [0.15, 0.2) is 24.3 Å². The van der Waals surface area contributed by atoms with Crippen molar-refractivity contribution in [2.45, 2.75) is 38.6 Å². The van der Waals surface area contributed by atoms with E-state index in [1.807, 2.05) is 6.92 Å². The Bertz CT molecular complexity index is 530. The molecule has 106 valence electrons. The Balaban J connectivity index is 2.04. The van der Waals surface area contributed by atoms with Crippen LogP contribution in [-0.4, -0.2) is 31.1 Å². The molecular weight excluding hydrogens is 265 g/mol. The first-order valence-electron chi connectivity index (χ1n) is 6.77. The number of hydrogen-bond donors (Lipinski definition) is 0. The van der Waals surface area contributed by atoms with Crippen LogP contribution in [-0.2, 0) is 16.4 Å². The first-order valence-corrected chi connectivity index (χ1v) is 8.38. The average Bonchev–Trinajstić information content (AvgIpc) is 2.87. The second-order valence-corrected chi connectivity index (χ2v) is 7.01. The molecule has 0 bridgehead atoms. The molecule has 2 rings (SSSR count). The molecule has 1 saturated heterocycles. The van der Waals surface area contributed by atoms with Crippen LogP contribution in [0.2, 0.25) is 0 Å². The number of nitrogens with zero attached hydrogens (tertiary/aromatic N) is 1. The maximum absolute atomic E-state index is 13.5. The Hall–Kier alpha value is -0.940. The molecule has 1 heterocycles. The first kappa shape index (κ1) is 14.5. The van der Waals surface area contributed by atoms with Crippen LogP contribution in [0.25, 0.3) is 0 Å². The van der Waals surface area contributed by atoms with Crippen molar-refractivity contribution in [1.82, 2.24) is 4.31 Å². The van der Waals surface area contributed by atoms with Gasteiger partial charge in [0.15, 0.2) is 0 Å². The number of rotatable bonds is 5. The molecule has 1 aromatic carbocycles. The summed E-state index contributed by atoms with van der Waals surface area (Å²) in [5.41, 5.74) is 0.471. The van der Waals surface area contributed by atoms with Gasteiger partial charge in [-0.05, 0) is 37.3 Å². The maximum atomic E-state index is 13.5. The molecule has 19 heavy (non-hydrogen) atoms. The van der Waals surface area contributed by atoms with Crippen molar-refractivity contribution < 1.29 is 12.8 Å². The fraction of sp³-hybridized carbons (Fsp3) is 0.571. The zero-order chi connectivity index (χ0) is 13.9. The second-order valence-electron chi connectivity index (χ2n) is 4.97. The SMILES string of the molecule is CCC1CCCN1S(=O)(=O)CCc1ccccc1F. The molecule has 1 fully saturated rings. The van der Waals surface area contributed by atoms with E-state index in [1.54, 1.807) is 22.5 Å². The smallest absolute Gasteiger partial charge is 0.212 e. The first-order chi connectivity index (χ1) is 9.04. The van der Waals surface area contributed by atoms with Crippen LogP contribution in [0.1, 0.15) is 31.7 Å². The van der Waals surface area contributed by atoms with Gasteiger partial charge in [-0.25, -0.2) is 12.8 Å². The highest BCUT2D eigenvalue weighted by Crippen LogP contribution is 2.24. The van der Waals surface area contributed by atoms with E-state index >= 15 is 0 Å². The highest BCUT2D eigenvalue weighted by atomic mass is 32.2. The summed E-state index contributed by atoms with van der Waals surface area (Å²) >= 11 is 0. The fourth-order valence-electron chi connectivity index (χ4n) is 2.64. The lowest BCUT2D eigenvalue weighted by molar-refractivity contribution is 0.379. The zero-order valence-electron chi connectivity index (χ0n) is 11.2. The van der Waals surface area contributed by atoms with Crippen molar-refractivity contribution in [2.24, 2.45) is 0 Å². The van der Waals surface area contributed by atoms with E-state index < -0.39 is 10.0 Å². The molecule has 0 N–H and O–H groups in total. The largest absolute Gasteiger partial charge is 0.214 e. The molecule has 1 aromatic rings. The molecular formula is C14H20FNO2S. The maximum Gasteiger partial charge on any atom is 0.214 e. The average molecular weight is 285 g/mol. The molecule has 1 atom stereocenters. The van der Waals surface area contributed by atoms with Crippen molar-refractivity contribution in [2.75, 3.05) is 12.3 Å². The van der Waals surface area contributed by atoms with Gasteiger partial charge in [0.1, 0.15) is 5.82 Å². The molecule has 0 radical (unpaired) electrons. The minimum atomic E-state index is -3.27. The van der Waals surface area contributed by atoms with Gasteiger partial charge in [-0.1, -0.05) is 25.1 Å². The van der Waals surface area contributed by atoms with Gasteiger partial charge in [-0.3, -0.25) is 0 Å². The van der Waals surface area contributed by atoms with Gasteiger partial charge in [0.05, 0.1) is 5.75 Å². The van der Waals surface area contributed by atoms with Gasteiger partial charge >= 0.3 is 0 Å². The molecule has 0 aliphatic carbocycles. The molecule has 0 aromatic heterocycles. The third-order valence-electron chi connectivity index (χ3n) is 3.74. The molecule has 0 amide bonds. The van der Waals surface area contributed by atoms with E-state index in [0.29, 0.717) is 12.1 Å². The van der Waals surface area contributed by atoms with Crippen molar-refractivity contribution >= 4 is 10.0 Å². The van der Waals surface area contributed by atoms with E-state index in [9.17, 15) is 12.8 Å². The van der Waals surface area contributed by atoms with Crippen molar-refractivity contribution in [3.63, 3.8) is 0 Å². The highest BCUT2D eigenvalue weighted by Gasteiger charge is 2.32. The van der Waals surface area contributed by atoms with Gasteiger partial charge < -0.3 is 0 Å². The quantitative estimate of drug-likeness (QED) is 0.834. The van der Waals surface area contributed by atoms with Crippen molar-refractivity contribution in [1.29, 1.82) is 0 Å². The minimum absolute atomic E-state index is 0.00949. The van der Waals surface area contributed by atoms with E-state index in [0.717, 1.165) is 19.3 Å². The summed E-state index contributed by atoms with van der Waals surface area (Å²) in [4.78, 5) is 0. The molecule has 1 unspecified atom stereocenters. The standard InChI is InChI=1S/C14H20FNO2S/c1-2-13-7-5-10-16(13)19(17,18)11-9-12-6-3-4-8-14(12)15/h3-4,6,8,13H,2,5,7,9-11H2,1H3. The van der Waals surface area contributed by atoms with Crippen molar-refractivity contribution in [3.05, 3.63) is 35.6 Å². The number of aryl methyl sites for hydroxylation is 1. The zero-order valence-corrected chi connectivity index (χ0v) is 12.0. The topological polar surface area (TPSA) is 37.4 Å². The minimum Gasteiger partial charge on any atom is -0.212 e. The highest BCUT2D eigenvalue weighted by molar-refractivity contribution is 7.89. The van der Waals surface area contributed by atoms with E-state index in [4.69, 9.17) is 0 Å². The van der Waals surface area contributed by atoms with Crippen LogP contribution in [0.3, 0.4) is 0 Å². The number of hydrogen-bond acceptors (Lipinski definition) is 2. The van der Waals surface area contributed by atoms with Crippen LogP contribution >= 0.6 is 0 Å². The molecule has 3 nitrogen and oxygen atoms in total. The van der Waals surface area contributed by atoms with Gasteiger partial charge in [0, 0.05) is 12.6 Å². The van der Waals surface area contributed by atoms with Gasteiger partial charge in [0.25, 0.3) is 0 Å². The number of halogens is 1. The predicted molar refractivity (Wildman–Crippen MR) is 73.9 cm³/mol. The van der Waals surface area contributed by atoms with E-state index in [1.165, 1.54) is 6.07 Å². The van der Waals surface area contributed by atoms with Crippen LogP contribution in [0.5, 0.6) is 0 Å². The summed E-state index contributed by atoms with van der Waals surface area (Å²) in [6, 6.07) is 6.49. The van der Waals surface area contributed by atoms with Gasteiger partial charge in [-0.2, -0.15) is 4.31 Å². The molecule has 5 heteroatoms. The Morgan fingerprint density at radius 1 is 1.37 bits per heavy atom. The summed E-state index contributed by atoms with van der Waals surface area (Å²) in [5, 5.41) is 0. The normalized spacial score (nSPS) is 20.8. The fourth-order valence-corrected chi connectivity index (χ4v) is 4.47. The lowest BCUT2D eigenvalue weighted by atomic mass is 10.2. The number of sulfonamides is 1. The second kappa shape index (κ2) is 6.01. The van der Waals surface area contributed by atoms with Crippen molar-refractivity contribution in [3.8, 4) is 0 Å². The summed E-state index contributed by atoms with van der Waals surface area (Å²) in [7, 11) is -3.27. The lowest BCUT2D eigenvalue weighted by Gasteiger charge is -2.23. The molecule has 1 aliphatic heterocycles. The van der Waals surface area contributed by atoms with Gasteiger partial charge in [-0.15, -0.1) is 0 Å². The van der Waals surface area contributed by atoms with Crippen LogP contribution < -0.4 is 0 Å². The third kappa shape index (κ3) is 3.34. The number of benzene rings is 1. The predicted octanol–water partition coefficient (Wildman–Crippen LogP) is 2.57. The summed E-state index contributed by atoms with van der Waals surface area (Å²) in [6.45, 7) is 2.62. The van der Waals surface area contributed by atoms with Gasteiger partial charge in [0.2, 0.25) is 10.0 Å². The monoisotopic (exact) mass is 285 g/mol. The van der Waals surface area contributed by atoms with E-state index in [-0.39, 0.29) is 24.0 Å². The Kier molecular flexibility index (Phi) is 4.58.